The van der Waals surface area contributed by atoms with Crippen molar-refractivity contribution in [2.75, 3.05) is 26.3 Å². The molecule has 0 bridgehead atoms. The average molecular weight is 629 g/mol. The predicted molar refractivity (Wildman–Crippen MR) is 167 cm³/mol. The third-order valence-corrected chi connectivity index (χ3v) is 7.46. The third kappa shape index (κ3) is 10.6. The molecule has 2 N–H and O–H groups in total. The molecule has 0 spiro atoms. The Balaban J connectivity index is 1.73. The highest BCUT2D eigenvalue weighted by Crippen LogP contribution is 2.32. The molecular weight excluding hydrogens is 589 g/mol. The van der Waals surface area contributed by atoms with E-state index in [1.54, 1.807) is 35.6 Å². The van der Waals surface area contributed by atoms with Gasteiger partial charge in [0.1, 0.15) is 0 Å². The minimum atomic E-state index is -4.51. The Labute approximate surface area is 262 Å². The van der Waals surface area contributed by atoms with Gasteiger partial charge in [-0.15, -0.1) is 0 Å². The number of carbonyl (C=O) groups excluding carboxylic acids is 1. The Kier molecular flexibility index (Phi) is 13.2. The lowest BCUT2D eigenvalue weighted by molar-refractivity contribution is -0.138. The van der Waals surface area contributed by atoms with Crippen LogP contribution >= 0.6 is 12.2 Å². The molecule has 1 heterocycles. The first-order valence-corrected chi connectivity index (χ1v) is 15.0. The monoisotopic (exact) mass is 628 g/mol. The maximum Gasteiger partial charge on any atom is 0.416 e. The minimum absolute atomic E-state index is 0.0383. The van der Waals surface area contributed by atoms with Gasteiger partial charge < -0.3 is 24.8 Å². The molecule has 0 saturated heterocycles. The summed E-state index contributed by atoms with van der Waals surface area (Å²) < 4.78 is 48.7. The summed E-state index contributed by atoms with van der Waals surface area (Å²) in [6.07, 6.45) is -0.481. The fourth-order valence-electron chi connectivity index (χ4n) is 4.59. The quantitative estimate of drug-likeness (QED) is 0.174. The van der Waals surface area contributed by atoms with Crippen LogP contribution in [0.15, 0.2) is 61.1 Å². The summed E-state index contributed by atoms with van der Waals surface area (Å²) in [6.45, 7) is 8.03. The number of imidazole rings is 1. The molecule has 0 unspecified atom stereocenters. The van der Waals surface area contributed by atoms with E-state index in [2.05, 4.69) is 21.7 Å². The van der Waals surface area contributed by atoms with Crippen LogP contribution in [0.25, 0.3) is 0 Å². The first-order chi connectivity index (χ1) is 21.0. The van der Waals surface area contributed by atoms with E-state index in [1.165, 1.54) is 12.1 Å². The van der Waals surface area contributed by atoms with Crippen molar-refractivity contribution in [1.29, 1.82) is 5.26 Å². The molecule has 0 aliphatic carbocycles. The van der Waals surface area contributed by atoms with Gasteiger partial charge in [0.05, 0.1) is 29.9 Å². The van der Waals surface area contributed by atoms with Crippen molar-refractivity contribution in [2.45, 2.75) is 58.9 Å². The number of rotatable bonds is 15. The van der Waals surface area contributed by atoms with Gasteiger partial charge in [0.2, 0.25) is 5.91 Å². The van der Waals surface area contributed by atoms with Crippen LogP contribution in [0.2, 0.25) is 0 Å². The van der Waals surface area contributed by atoms with Crippen molar-refractivity contribution < 1.29 is 22.7 Å². The SMILES string of the molecule is CCOCCCNC(=S)N(Cc1ccccc1C(F)(F)F)C[C@@H](NC(=O)Cc1cncn1Cc1ccc(C#N)cc1)C(C)C. The number of nitriles is 1. The molecule has 2 aromatic carbocycles. The molecule has 1 aromatic heterocycles. The van der Waals surface area contributed by atoms with Crippen molar-refractivity contribution in [3.8, 4) is 6.07 Å². The van der Waals surface area contributed by atoms with Gasteiger partial charge in [-0.25, -0.2) is 4.98 Å². The van der Waals surface area contributed by atoms with Crippen molar-refractivity contribution in [1.82, 2.24) is 25.1 Å². The molecule has 3 aromatic rings. The Bertz CT molecular complexity index is 1400. The maximum atomic E-state index is 13.8. The van der Waals surface area contributed by atoms with Crippen LogP contribution in [0.5, 0.6) is 0 Å². The van der Waals surface area contributed by atoms with Crippen molar-refractivity contribution in [3.05, 3.63) is 89.0 Å². The van der Waals surface area contributed by atoms with Crippen LogP contribution in [0.1, 0.15) is 55.1 Å². The number of carbonyl (C=O) groups is 1. The Hall–Kier alpha value is -3.95. The van der Waals surface area contributed by atoms with E-state index < -0.39 is 17.8 Å². The maximum absolute atomic E-state index is 13.8. The highest BCUT2D eigenvalue weighted by Gasteiger charge is 2.34. The van der Waals surface area contributed by atoms with Gasteiger partial charge in [-0.3, -0.25) is 4.79 Å². The number of alkyl halides is 3. The zero-order valence-corrected chi connectivity index (χ0v) is 26.0. The smallest absolute Gasteiger partial charge is 0.382 e. The van der Waals surface area contributed by atoms with E-state index in [0.29, 0.717) is 49.1 Å². The van der Waals surface area contributed by atoms with Gasteiger partial charge >= 0.3 is 6.18 Å². The van der Waals surface area contributed by atoms with Crippen LogP contribution in [0.4, 0.5) is 13.2 Å². The van der Waals surface area contributed by atoms with Crippen LogP contribution in [-0.2, 0) is 35.2 Å². The van der Waals surface area contributed by atoms with E-state index in [-0.39, 0.29) is 36.9 Å². The number of nitrogens with zero attached hydrogens (tertiary/aromatic N) is 4. The molecule has 1 amide bonds. The minimum Gasteiger partial charge on any atom is -0.382 e. The lowest BCUT2D eigenvalue weighted by atomic mass is 10.0. The summed E-state index contributed by atoms with van der Waals surface area (Å²) in [5, 5.41) is 15.6. The van der Waals surface area contributed by atoms with Gasteiger partial charge in [-0.05, 0) is 60.8 Å². The highest BCUT2D eigenvalue weighted by molar-refractivity contribution is 7.80. The molecule has 8 nitrogen and oxygen atoms in total. The number of halogens is 3. The summed E-state index contributed by atoms with van der Waals surface area (Å²) >= 11 is 5.65. The Morgan fingerprint density at radius 2 is 1.91 bits per heavy atom. The Morgan fingerprint density at radius 3 is 2.57 bits per heavy atom. The van der Waals surface area contributed by atoms with E-state index in [4.69, 9.17) is 22.2 Å². The lowest BCUT2D eigenvalue weighted by Crippen LogP contribution is -2.51. The van der Waals surface area contributed by atoms with Crippen LogP contribution in [-0.4, -0.2) is 57.8 Å². The molecule has 0 aliphatic rings. The zero-order valence-electron chi connectivity index (χ0n) is 25.2. The van der Waals surface area contributed by atoms with E-state index in [0.717, 1.165) is 11.6 Å². The number of hydrogen-bond acceptors (Lipinski definition) is 5. The van der Waals surface area contributed by atoms with E-state index in [9.17, 15) is 18.0 Å². The zero-order chi connectivity index (χ0) is 32.1. The van der Waals surface area contributed by atoms with Crippen LogP contribution in [0.3, 0.4) is 0 Å². The van der Waals surface area contributed by atoms with Gasteiger partial charge in [0.25, 0.3) is 0 Å². The number of benzene rings is 2. The molecule has 0 aliphatic heterocycles. The molecule has 3 rings (SSSR count). The number of ether oxygens (including phenoxy) is 1. The summed E-state index contributed by atoms with van der Waals surface area (Å²) in [5.41, 5.74) is 1.61. The average Bonchev–Trinajstić information content (AvgIpc) is 3.42. The van der Waals surface area contributed by atoms with E-state index >= 15 is 0 Å². The molecule has 1 atom stereocenters. The van der Waals surface area contributed by atoms with Crippen molar-refractivity contribution >= 4 is 23.2 Å². The largest absolute Gasteiger partial charge is 0.416 e. The number of amides is 1. The molecule has 12 heteroatoms. The number of aromatic nitrogens is 2. The van der Waals surface area contributed by atoms with Gasteiger partial charge in [-0.2, -0.15) is 18.4 Å². The second-order valence-corrected chi connectivity index (χ2v) is 11.1. The molecule has 0 saturated carbocycles. The molecular formula is C32H39F3N6O2S. The molecule has 0 radical (unpaired) electrons. The topological polar surface area (TPSA) is 95.2 Å². The van der Waals surface area contributed by atoms with Crippen LogP contribution in [0, 0.1) is 17.2 Å². The van der Waals surface area contributed by atoms with Crippen LogP contribution < -0.4 is 10.6 Å². The third-order valence-electron chi connectivity index (χ3n) is 7.06. The predicted octanol–water partition coefficient (Wildman–Crippen LogP) is 5.31. The summed E-state index contributed by atoms with van der Waals surface area (Å²) in [6, 6.07) is 14.3. The first-order valence-electron chi connectivity index (χ1n) is 14.5. The molecule has 44 heavy (non-hydrogen) atoms. The van der Waals surface area contributed by atoms with Crippen molar-refractivity contribution in [3.63, 3.8) is 0 Å². The first kappa shape index (κ1) is 34.5. The fraction of sp³-hybridized carbons (Fsp3) is 0.438. The van der Waals surface area contributed by atoms with Crippen molar-refractivity contribution in [2.24, 2.45) is 5.92 Å². The second-order valence-electron chi connectivity index (χ2n) is 10.7. The number of nitrogens with one attached hydrogen (secondary N) is 2. The summed E-state index contributed by atoms with van der Waals surface area (Å²) in [7, 11) is 0. The number of thiocarbonyl (C=S) groups is 1. The second kappa shape index (κ2) is 16.8. The summed E-state index contributed by atoms with van der Waals surface area (Å²) in [5.74, 6) is -0.278. The normalized spacial score (nSPS) is 12.0. The lowest BCUT2D eigenvalue weighted by Gasteiger charge is -2.33. The van der Waals surface area contributed by atoms with Gasteiger partial charge in [0, 0.05) is 57.3 Å². The molecule has 236 valence electrons. The molecule has 0 fully saturated rings. The highest BCUT2D eigenvalue weighted by atomic mass is 32.1. The van der Waals surface area contributed by atoms with Gasteiger partial charge in [-0.1, -0.05) is 44.2 Å². The van der Waals surface area contributed by atoms with E-state index in [1.807, 2.05) is 37.5 Å². The number of hydrogen-bond donors (Lipinski definition) is 2. The Morgan fingerprint density at radius 1 is 1.18 bits per heavy atom. The van der Waals surface area contributed by atoms with Gasteiger partial charge in [0.15, 0.2) is 5.11 Å². The fourth-order valence-corrected chi connectivity index (χ4v) is 4.83. The summed E-state index contributed by atoms with van der Waals surface area (Å²) in [4.78, 5) is 19.2. The standard InChI is InChI=1S/C32H39F3N6O2S/c1-4-43-15-7-14-38-31(44)40(20-26-8-5-6-9-28(26)32(33,34)35)21-29(23(2)3)39-30(42)16-27-18-37-22-41(27)19-25-12-10-24(17-36)11-13-25/h5-6,8-13,18,22-23,29H,4,7,14-16,19-21H2,1-3H3,(H,38,44)(H,39,42)/t29-/m1/s1.